The first-order chi connectivity index (χ1) is 26.5. The van der Waals surface area contributed by atoms with Gasteiger partial charge in [-0.05, 0) is 89.9 Å². The number of hydrogen-bond donors (Lipinski definition) is 0. The maximum absolute atomic E-state index is 12.6. The number of esters is 3. The minimum absolute atomic E-state index is 0.110. The van der Waals surface area contributed by atoms with E-state index in [1.165, 1.54) is 83.5 Å². The molecule has 0 aliphatic carbocycles. The molecule has 0 rings (SSSR count). The number of carbonyl (C=O) groups is 3. The predicted molar refractivity (Wildman–Crippen MR) is 228 cm³/mol. The third-order valence-corrected chi connectivity index (χ3v) is 9.21. The summed E-state index contributed by atoms with van der Waals surface area (Å²) in [7, 11) is 0. The smallest absolute Gasteiger partial charge is 0.306 e. The van der Waals surface area contributed by atoms with E-state index in [0.717, 1.165) is 70.6 Å². The van der Waals surface area contributed by atoms with Gasteiger partial charge in [0.05, 0.1) is 0 Å². The Hall–Kier alpha value is -2.89. The molecule has 6 nitrogen and oxygen atoms in total. The van der Waals surface area contributed by atoms with Crippen LogP contribution in [0.4, 0.5) is 0 Å². The Labute approximate surface area is 332 Å². The van der Waals surface area contributed by atoms with Gasteiger partial charge in [0.1, 0.15) is 13.2 Å². The molecule has 0 aliphatic rings. The molecule has 0 saturated heterocycles. The van der Waals surface area contributed by atoms with E-state index in [1.54, 1.807) is 0 Å². The Balaban J connectivity index is 4.45. The number of allylic oxidation sites excluding steroid dienone is 10. The van der Waals surface area contributed by atoms with Gasteiger partial charge in [-0.25, -0.2) is 0 Å². The molecule has 0 fully saturated rings. The van der Waals surface area contributed by atoms with Crippen LogP contribution in [0.2, 0.25) is 0 Å². The highest BCUT2D eigenvalue weighted by Gasteiger charge is 2.19. The third kappa shape index (κ3) is 40.3. The van der Waals surface area contributed by atoms with Crippen molar-refractivity contribution in [3.05, 3.63) is 60.8 Å². The van der Waals surface area contributed by atoms with Crippen molar-refractivity contribution in [1.82, 2.24) is 0 Å². The average molecular weight is 755 g/mol. The molecule has 0 radical (unpaired) electrons. The second-order valence-electron chi connectivity index (χ2n) is 14.6. The van der Waals surface area contributed by atoms with Crippen molar-refractivity contribution < 1.29 is 28.6 Å². The van der Waals surface area contributed by atoms with Crippen LogP contribution >= 0.6 is 0 Å². The van der Waals surface area contributed by atoms with Crippen molar-refractivity contribution in [2.45, 2.75) is 213 Å². The lowest BCUT2D eigenvalue weighted by atomic mass is 10.1. The molecule has 0 aromatic rings. The monoisotopic (exact) mass is 755 g/mol. The molecule has 0 aromatic carbocycles. The molecule has 1 atom stereocenters. The summed E-state index contributed by atoms with van der Waals surface area (Å²) in [5.41, 5.74) is 0. The summed E-state index contributed by atoms with van der Waals surface area (Å²) in [4.78, 5) is 37.5. The SMILES string of the molecule is CCCC/C=C\CCCCCCC(=O)OC(COC(=O)CCC/C=C\C/C=C\C/C=C\CCCCCCCC)COC(=O)CCC/C=C\CCCCCC. The molecule has 0 bridgehead atoms. The zero-order valence-electron chi connectivity index (χ0n) is 35.2. The number of ether oxygens (including phenoxy) is 3. The number of unbranched alkanes of at least 4 members (excludes halogenated alkanes) is 18. The maximum atomic E-state index is 12.6. The largest absolute Gasteiger partial charge is 0.462 e. The second-order valence-corrected chi connectivity index (χ2v) is 14.6. The Morgan fingerprint density at radius 2 is 0.704 bits per heavy atom. The molecule has 0 N–H and O–H groups in total. The van der Waals surface area contributed by atoms with Gasteiger partial charge in [0.15, 0.2) is 6.10 Å². The first-order valence-corrected chi connectivity index (χ1v) is 22.3. The summed E-state index contributed by atoms with van der Waals surface area (Å²) in [5.74, 6) is -1.02. The van der Waals surface area contributed by atoms with Crippen LogP contribution in [0.25, 0.3) is 0 Å². The van der Waals surface area contributed by atoms with Gasteiger partial charge in [0.25, 0.3) is 0 Å². The van der Waals surface area contributed by atoms with Gasteiger partial charge in [-0.2, -0.15) is 0 Å². The quantitative estimate of drug-likeness (QED) is 0.0269. The van der Waals surface area contributed by atoms with Gasteiger partial charge >= 0.3 is 17.9 Å². The fourth-order valence-corrected chi connectivity index (χ4v) is 5.79. The first-order valence-electron chi connectivity index (χ1n) is 22.3. The van der Waals surface area contributed by atoms with E-state index in [4.69, 9.17) is 14.2 Å². The number of hydrogen-bond acceptors (Lipinski definition) is 6. The average Bonchev–Trinajstić information content (AvgIpc) is 3.17. The van der Waals surface area contributed by atoms with Gasteiger partial charge in [0.2, 0.25) is 0 Å². The summed E-state index contributed by atoms with van der Waals surface area (Å²) in [6, 6.07) is 0. The summed E-state index contributed by atoms with van der Waals surface area (Å²) < 4.78 is 16.6. The summed E-state index contributed by atoms with van der Waals surface area (Å²) in [5, 5.41) is 0. The fourth-order valence-electron chi connectivity index (χ4n) is 5.79. The van der Waals surface area contributed by atoms with Crippen LogP contribution in [0.1, 0.15) is 207 Å². The summed E-state index contributed by atoms with van der Waals surface area (Å²) >= 11 is 0. The van der Waals surface area contributed by atoms with Crippen molar-refractivity contribution in [1.29, 1.82) is 0 Å². The normalized spacial score (nSPS) is 12.6. The lowest BCUT2D eigenvalue weighted by Gasteiger charge is -2.18. The second kappa shape index (κ2) is 42.8. The molecular formula is C48H82O6. The summed E-state index contributed by atoms with van der Waals surface area (Å²) in [6.45, 7) is 6.45. The van der Waals surface area contributed by atoms with Crippen molar-refractivity contribution in [2.75, 3.05) is 13.2 Å². The fraction of sp³-hybridized carbons (Fsp3) is 0.729. The lowest BCUT2D eigenvalue weighted by molar-refractivity contribution is -0.167. The first kappa shape index (κ1) is 51.1. The van der Waals surface area contributed by atoms with Gasteiger partial charge < -0.3 is 14.2 Å². The van der Waals surface area contributed by atoms with Crippen LogP contribution in [0, 0.1) is 0 Å². The van der Waals surface area contributed by atoms with E-state index in [0.29, 0.717) is 25.7 Å². The van der Waals surface area contributed by atoms with Crippen LogP contribution in [0.15, 0.2) is 60.8 Å². The molecule has 1 unspecified atom stereocenters. The van der Waals surface area contributed by atoms with E-state index < -0.39 is 6.10 Å². The number of rotatable bonds is 39. The Kier molecular flexibility index (Phi) is 40.6. The number of carbonyl (C=O) groups excluding carboxylic acids is 3. The molecule has 0 saturated carbocycles. The molecule has 0 amide bonds. The third-order valence-electron chi connectivity index (χ3n) is 9.21. The van der Waals surface area contributed by atoms with E-state index >= 15 is 0 Å². The van der Waals surface area contributed by atoms with E-state index in [2.05, 4.69) is 81.5 Å². The highest BCUT2D eigenvalue weighted by molar-refractivity contribution is 5.71. The highest BCUT2D eigenvalue weighted by atomic mass is 16.6. The van der Waals surface area contributed by atoms with Crippen LogP contribution in [0.5, 0.6) is 0 Å². The van der Waals surface area contributed by atoms with Gasteiger partial charge in [-0.3, -0.25) is 14.4 Å². The van der Waals surface area contributed by atoms with Gasteiger partial charge in [-0.15, -0.1) is 0 Å². The van der Waals surface area contributed by atoms with Crippen LogP contribution in [-0.2, 0) is 28.6 Å². The van der Waals surface area contributed by atoms with Crippen molar-refractivity contribution in [2.24, 2.45) is 0 Å². The van der Waals surface area contributed by atoms with Crippen LogP contribution in [-0.4, -0.2) is 37.2 Å². The molecule has 310 valence electrons. The molecular weight excluding hydrogens is 673 g/mol. The molecule has 0 heterocycles. The minimum atomic E-state index is -0.807. The molecule has 0 aromatic heterocycles. The Morgan fingerprint density at radius 1 is 0.370 bits per heavy atom. The summed E-state index contributed by atoms with van der Waals surface area (Å²) in [6.07, 6.45) is 50.8. The standard InChI is InChI=1S/C48H82O6/c1-4-7-10-13-16-19-21-22-23-24-25-26-27-30-32-35-38-41-47(50)53-44-45(43-52-46(49)40-37-34-31-28-18-15-12-9-6-3)54-48(51)42-39-36-33-29-20-17-14-11-8-5-2/h14,17,22-23,25-26,28,30-32,45H,4-13,15-16,18-21,24,27,29,33-44H2,1-3H3/b17-14-,23-22-,26-25-,31-28-,32-30-. The molecule has 0 spiro atoms. The predicted octanol–water partition coefficient (Wildman–Crippen LogP) is 14.1. The molecule has 0 aliphatic heterocycles. The van der Waals surface area contributed by atoms with Crippen LogP contribution < -0.4 is 0 Å². The van der Waals surface area contributed by atoms with Gasteiger partial charge in [0, 0.05) is 19.3 Å². The Bertz CT molecular complexity index is 1010. The van der Waals surface area contributed by atoms with Gasteiger partial charge in [-0.1, -0.05) is 159 Å². The maximum Gasteiger partial charge on any atom is 0.306 e. The van der Waals surface area contributed by atoms with E-state index in [-0.39, 0.29) is 37.5 Å². The zero-order chi connectivity index (χ0) is 39.4. The van der Waals surface area contributed by atoms with Crippen molar-refractivity contribution >= 4 is 17.9 Å². The Morgan fingerprint density at radius 3 is 1.19 bits per heavy atom. The highest BCUT2D eigenvalue weighted by Crippen LogP contribution is 2.11. The minimum Gasteiger partial charge on any atom is -0.462 e. The van der Waals surface area contributed by atoms with E-state index in [1.807, 2.05) is 0 Å². The molecule has 6 heteroatoms. The topological polar surface area (TPSA) is 78.9 Å². The zero-order valence-corrected chi connectivity index (χ0v) is 35.2. The van der Waals surface area contributed by atoms with Crippen molar-refractivity contribution in [3.63, 3.8) is 0 Å². The molecule has 54 heavy (non-hydrogen) atoms. The van der Waals surface area contributed by atoms with E-state index in [9.17, 15) is 14.4 Å². The van der Waals surface area contributed by atoms with Crippen LogP contribution in [0.3, 0.4) is 0 Å². The lowest BCUT2D eigenvalue weighted by Crippen LogP contribution is -2.30. The van der Waals surface area contributed by atoms with Crippen molar-refractivity contribution in [3.8, 4) is 0 Å².